The number of phosphoric ester groups is 1. The molecular weight excluding hydrogens is 343 g/mol. The average Bonchev–Trinajstić information content (AvgIpc) is 2.57. The van der Waals surface area contributed by atoms with Gasteiger partial charge in [0, 0.05) is 0 Å². The molecule has 1 aliphatic heterocycles. The SMILES string of the molecule is O=P1(Oc2ccccc2)Oc2ccccc2Sc2ccccc2O1. The topological polar surface area (TPSA) is 44.8 Å². The van der Waals surface area contributed by atoms with E-state index in [-0.39, 0.29) is 0 Å². The molecule has 3 aromatic carbocycles. The molecule has 0 aliphatic carbocycles. The molecule has 6 heteroatoms. The van der Waals surface area contributed by atoms with Crippen LogP contribution in [0.2, 0.25) is 0 Å². The Balaban J connectivity index is 1.79. The third kappa shape index (κ3) is 3.14. The number of hydrogen-bond donors (Lipinski definition) is 0. The van der Waals surface area contributed by atoms with Crippen LogP contribution in [0.3, 0.4) is 0 Å². The van der Waals surface area contributed by atoms with E-state index < -0.39 is 7.82 Å². The summed E-state index contributed by atoms with van der Waals surface area (Å²) < 4.78 is 30.2. The van der Waals surface area contributed by atoms with Crippen LogP contribution in [0, 0.1) is 0 Å². The molecule has 3 aromatic rings. The molecule has 0 fully saturated rings. The van der Waals surface area contributed by atoms with E-state index in [9.17, 15) is 4.57 Å². The largest absolute Gasteiger partial charge is 0.647 e. The van der Waals surface area contributed by atoms with Crippen molar-refractivity contribution in [2.24, 2.45) is 0 Å². The Labute approximate surface area is 144 Å². The zero-order valence-electron chi connectivity index (χ0n) is 12.5. The molecule has 0 saturated carbocycles. The second-order valence-electron chi connectivity index (χ2n) is 5.03. The van der Waals surface area contributed by atoms with Gasteiger partial charge < -0.3 is 13.6 Å². The van der Waals surface area contributed by atoms with Gasteiger partial charge in [-0.25, -0.2) is 0 Å². The van der Waals surface area contributed by atoms with Crippen LogP contribution in [0.5, 0.6) is 17.2 Å². The van der Waals surface area contributed by atoms with Crippen molar-refractivity contribution in [1.29, 1.82) is 0 Å². The fraction of sp³-hybridized carbons (Fsp3) is 0. The molecule has 4 rings (SSSR count). The molecule has 0 bridgehead atoms. The molecular formula is C18H13O4PS. The van der Waals surface area contributed by atoms with Gasteiger partial charge in [0.05, 0.1) is 9.79 Å². The van der Waals surface area contributed by atoms with Crippen LogP contribution in [0.25, 0.3) is 0 Å². The lowest BCUT2D eigenvalue weighted by molar-refractivity contribution is 0.293. The number of para-hydroxylation sites is 3. The number of fused-ring (bicyclic) bond motifs is 2. The van der Waals surface area contributed by atoms with Crippen LogP contribution in [0.15, 0.2) is 88.7 Å². The molecule has 0 N–H and O–H groups in total. The van der Waals surface area contributed by atoms with E-state index in [1.165, 1.54) is 11.8 Å². The highest BCUT2D eigenvalue weighted by Gasteiger charge is 2.36. The van der Waals surface area contributed by atoms with Gasteiger partial charge in [-0.3, -0.25) is 0 Å². The van der Waals surface area contributed by atoms with Crippen molar-refractivity contribution in [2.75, 3.05) is 0 Å². The smallest absolute Gasteiger partial charge is 0.386 e. The molecule has 1 heterocycles. The van der Waals surface area contributed by atoms with Crippen LogP contribution in [-0.4, -0.2) is 0 Å². The quantitative estimate of drug-likeness (QED) is 0.543. The normalized spacial score (nSPS) is 14.8. The lowest BCUT2D eigenvalue weighted by Gasteiger charge is -2.24. The molecule has 0 unspecified atom stereocenters. The van der Waals surface area contributed by atoms with Gasteiger partial charge >= 0.3 is 7.82 Å². The van der Waals surface area contributed by atoms with E-state index in [0.29, 0.717) is 17.2 Å². The summed E-state index contributed by atoms with van der Waals surface area (Å²) in [6, 6.07) is 23.6. The van der Waals surface area contributed by atoms with E-state index >= 15 is 0 Å². The van der Waals surface area contributed by atoms with Crippen LogP contribution >= 0.6 is 19.6 Å². The van der Waals surface area contributed by atoms with Crippen molar-refractivity contribution in [3.05, 3.63) is 78.9 Å². The summed E-state index contributed by atoms with van der Waals surface area (Å²) >= 11 is 1.50. The molecule has 4 nitrogen and oxygen atoms in total. The predicted octanol–water partition coefficient (Wildman–Crippen LogP) is 5.80. The van der Waals surface area contributed by atoms with Crippen LogP contribution in [0.1, 0.15) is 0 Å². The van der Waals surface area contributed by atoms with E-state index in [2.05, 4.69) is 0 Å². The fourth-order valence-corrected chi connectivity index (χ4v) is 4.61. The first-order chi connectivity index (χ1) is 11.7. The number of benzene rings is 3. The molecule has 0 spiro atoms. The van der Waals surface area contributed by atoms with Crippen molar-refractivity contribution >= 4 is 19.6 Å². The second-order valence-corrected chi connectivity index (χ2v) is 7.56. The maximum Gasteiger partial charge on any atom is 0.647 e. The van der Waals surface area contributed by atoms with Crippen molar-refractivity contribution in [3.8, 4) is 17.2 Å². The Hall–Kier alpha value is -2.36. The van der Waals surface area contributed by atoms with Gasteiger partial charge in [-0.2, -0.15) is 4.57 Å². The van der Waals surface area contributed by atoms with Gasteiger partial charge in [0.1, 0.15) is 17.2 Å². The highest BCUT2D eigenvalue weighted by molar-refractivity contribution is 7.99. The minimum absolute atomic E-state index is 0.420. The Bertz CT molecular complexity index is 862. The van der Waals surface area contributed by atoms with Gasteiger partial charge in [0.25, 0.3) is 0 Å². The number of phosphoric acid groups is 1. The zero-order chi connectivity index (χ0) is 16.4. The van der Waals surface area contributed by atoms with Crippen molar-refractivity contribution < 1.29 is 18.1 Å². The molecule has 1 aliphatic rings. The molecule has 120 valence electrons. The molecule has 0 radical (unpaired) electrons. The molecule has 24 heavy (non-hydrogen) atoms. The standard InChI is InChI=1S/C18H13O4PS/c19-23(20-14-8-2-1-3-9-14)21-15-10-4-6-12-17(15)24-18-13-7-5-11-16(18)22-23/h1-13H. The van der Waals surface area contributed by atoms with E-state index in [0.717, 1.165) is 9.79 Å². The first-order valence-electron chi connectivity index (χ1n) is 7.32. The van der Waals surface area contributed by atoms with Crippen LogP contribution in [0.4, 0.5) is 0 Å². The van der Waals surface area contributed by atoms with Crippen molar-refractivity contribution in [2.45, 2.75) is 9.79 Å². The third-order valence-electron chi connectivity index (χ3n) is 3.30. The number of rotatable bonds is 2. The summed E-state index contributed by atoms with van der Waals surface area (Å²) in [5, 5.41) is 0. The van der Waals surface area contributed by atoms with E-state index in [1.807, 2.05) is 42.5 Å². The fourth-order valence-electron chi connectivity index (χ4n) is 2.25. The Morgan fingerprint density at radius 3 is 1.79 bits per heavy atom. The Morgan fingerprint density at radius 1 is 0.708 bits per heavy atom. The van der Waals surface area contributed by atoms with Crippen molar-refractivity contribution in [1.82, 2.24) is 0 Å². The highest BCUT2D eigenvalue weighted by Crippen LogP contribution is 2.55. The maximum atomic E-state index is 13.2. The van der Waals surface area contributed by atoms with E-state index in [4.69, 9.17) is 13.6 Å². The summed E-state index contributed by atoms with van der Waals surface area (Å²) in [5.41, 5.74) is 0. The van der Waals surface area contributed by atoms with E-state index in [1.54, 1.807) is 36.4 Å². The first-order valence-corrected chi connectivity index (χ1v) is 9.59. The van der Waals surface area contributed by atoms with Gasteiger partial charge in [-0.1, -0.05) is 54.2 Å². The van der Waals surface area contributed by atoms with Crippen LogP contribution < -0.4 is 13.6 Å². The average molecular weight is 356 g/mol. The summed E-state index contributed by atoms with van der Waals surface area (Å²) in [7, 11) is -3.88. The third-order valence-corrected chi connectivity index (χ3v) is 5.69. The summed E-state index contributed by atoms with van der Waals surface area (Å²) in [6.45, 7) is 0. The lowest BCUT2D eigenvalue weighted by Crippen LogP contribution is -2.09. The second kappa shape index (κ2) is 6.27. The summed E-state index contributed by atoms with van der Waals surface area (Å²) in [5.74, 6) is 1.36. The Morgan fingerprint density at radius 2 is 1.21 bits per heavy atom. The Kier molecular flexibility index (Phi) is 3.97. The summed E-state index contributed by atoms with van der Waals surface area (Å²) in [6.07, 6.45) is 0. The molecule has 0 atom stereocenters. The van der Waals surface area contributed by atoms with Crippen LogP contribution in [-0.2, 0) is 4.57 Å². The zero-order valence-corrected chi connectivity index (χ0v) is 14.2. The lowest BCUT2D eigenvalue weighted by atomic mass is 10.3. The molecule has 0 amide bonds. The predicted molar refractivity (Wildman–Crippen MR) is 92.9 cm³/mol. The molecule has 0 saturated heterocycles. The van der Waals surface area contributed by atoms with Gasteiger partial charge in [-0.05, 0) is 36.4 Å². The number of hydrogen-bond acceptors (Lipinski definition) is 5. The first kappa shape index (κ1) is 15.2. The summed E-state index contributed by atoms with van der Waals surface area (Å²) in [4.78, 5) is 1.70. The van der Waals surface area contributed by atoms with Crippen molar-refractivity contribution in [3.63, 3.8) is 0 Å². The van der Waals surface area contributed by atoms with Gasteiger partial charge in [0.2, 0.25) is 0 Å². The van der Waals surface area contributed by atoms with Gasteiger partial charge in [0.15, 0.2) is 0 Å². The van der Waals surface area contributed by atoms with Gasteiger partial charge in [-0.15, -0.1) is 0 Å². The molecule has 0 aromatic heterocycles. The maximum absolute atomic E-state index is 13.2. The minimum Gasteiger partial charge on any atom is -0.386 e. The monoisotopic (exact) mass is 356 g/mol. The highest BCUT2D eigenvalue weighted by atomic mass is 32.2. The minimum atomic E-state index is -3.88.